The quantitative estimate of drug-likeness (QED) is 0.261. The Balaban J connectivity index is 2.58. The summed E-state index contributed by atoms with van der Waals surface area (Å²) in [6, 6.07) is -0.512. The molecule has 11 heavy (non-hydrogen) atoms. The van der Waals surface area contributed by atoms with Crippen LogP contribution in [-0.2, 0) is 0 Å². The second-order valence-electron chi connectivity index (χ2n) is 2.87. The van der Waals surface area contributed by atoms with Gasteiger partial charge in [0.05, 0.1) is 12.2 Å². The maximum atomic E-state index is 9.22. The molecule has 1 fully saturated rings. The summed E-state index contributed by atoms with van der Waals surface area (Å²) in [5.41, 5.74) is 5.45. The number of nitrogens with two attached hydrogens (primary N) is 1. The van der Waals surface area contributed by atoms with Crippen molar-refractivity contribution in [1.82, 2.24) is 5.32 Å². The predicted molar refractivity (Wildman–Crippen MR) is 38.9 cm³/mol. The van der Waals surface area contributed by atoms with Crippen LogP contribution >= 0.6 is 0 Å². The lowest BCUT2D eigenvalue weighted by Crippen LogP contribution is -2.47. The molecule has 1 rings (SSSR count). The lowest BCUT2D eigenvalue weighted by atomic mass is 10.0. The minimum absolute atomic E-state index is 0.270. The van der Waals surface area contributed by atoms with E-state index in [9.17, 15) is 10.2 Å². The molecule has 0 aromatic heterocycles. The Morgan fingerprint density at radius 3 is 2.36 bits per heavy atom. The van der Waals surface area contributed by atoms with E-state index in [-0.39, 0.29) is 6.54 Å². The van der Waals surface area contributed by atoms with Gasteiger partial charge < -0.3 is 26.4 Å². The summed E-state index contributed by atoms with van der Waals surface area (Å²) in [7, 11) is 0. The van der Waals surface area contributed by atoms with Crippen LogP contribution in [0.4, 0.5) is 0 Å². The van der Waals surface area contributed by atoms with Crippen LogP contribution in [0.2, 0.25) is 0 Å². The highest BCUT2D eigenvalue weighted by Crippen LogP contribution is 2.05. The van der Waals surface area contributed by atoms with Crippen molar-refractivity contribution in [3.05, 3.63) is 0 Å². The molecule has 4 atom stereocenters. The zero-order valence-electron chi connectivity index (χ0n) is 6.14. The van der Waals surface area contributed by atoms with E-state index in [1.54, 1.807) is 0 Å². The van der Waals surface area contributed by atoms with Crippen LogP contribution in [0.1, 0.15) is 0 Å². The topological polar surface area (TPSA) is 98.7 Å². The van der Waals surface area contributed by atoms with Gasteiger partial charge in [0.2, 0.25) is 0 Å². The van der Waals surface area contributed by atoms with Crippen molar-refractivity contribution < 1.29 is 15.3 Å². The summed E-state index contributed by atoms with van der Waals surface area (Å²) >= 11 is 0. The fourth-order valence-corrected chi connectivity index (χ4v) is 1.12. The number of aliphatic hydroxyl groups excluding tert-OH is 3. The van der Waals surface area contributed by atoms with Crippen molar-refractivity contribution in [2.24, 2.45) is 5.73 Å². The first-order valence-corrected chi connectivity index (χ1v) is 3.63. The summed E-state index contributed by atoms with van der Waals surface area (Å²) in [6.07, 6.45) is -3.11. The maximum Gasteiger partial charge on any atom is 0.109 e. The molecule has 0 bridgehead atoms. The first-order chi connectivity index (χ1) is 5.13. The molecule has 5 nitrogen and oxygen atoms in total. The van der Waals surface area contributed by atoms with Crippen LogP contribution in [0.15, 0.2) is 0 Å². The number of aliphatic hydroxyl groups is 3. The molecule has 0 saturated carbocycles. The van der Waals surface area contributed by atoms with Crippen LogP contribution < -0.4 is 11.1 Å². The van der Waals surface area contributed by atoms with Crippen molar-refractivity contribution in [2.45, 2.75) is 24.4 Å². The highest BCUT2D eigenvalue weighted by atomic mass is 16.4. The van der Waals surface area contributed by atoms with Gasteiger partial charge in [-0.1, -0.05) is 0 Å². The molecule has 0 amide bonds. The molecule has 0 radical (unpaired) electrons. The van der Waals surface area contributed by atoms with Gasteiger partial charge >= 0.3 is 0 Å². The zero-order valence-corrected chi connectivity index (χ0v) is 6.14. The molecule has 1 aliphatic rings. The molecular weight excluding hydrogens is 148 g/mol. The number of rotatable bonds is 0. The van der Waals surface area contributed by atoms with Crippen LogP contribution in [0.25, 0.3) is 0 Å². The third-order valence-electron chi connectivity index (χ3n) is 1.92. The lowest BCUT2D eigenvalue weighted by Gasteiger charge is -2.21. The van der Waals surface area contributed by atoms with Crippen molar-refractivity contribution in [1.29, 1.82) is 0 Å². The van der Waals surface area contributed by atoms with Gasteiger partial charge in [0, 0.05) is 19.1 Å². The SMILES string of the molecule is NC1CNCC(O)C(O)C1O. The minimum Gasteiger partial charge on any atom is -0.389 e. The van der Waals surface area contributed by atoms with Crippen molar-refractivity contribution in [3.8, 4) is 0 Å². The van der Waals surface area contributed by atoms with Crippen molar-refractivity contribution in [2.75, 3.05) is 13.1 Å². The molecule has 0 aromatic rings. The zero-order chi connectivity index (χ0) is 8.43. The average molecular weight is 162 g/mol. The monoisotopic (exact) mass is 162 g/mol. The third-order valence-corrected chi connectivity index (χ3v) is 1.92. The van der Waals surface area contributed by atoms with Crippen LogP contribution in [0.3, 0.4) is 0 Å². The second kappa shape index (κ2) is 3.46. The fraction of sp³-hybridized carbons (Fsp3) is 1.00. The highest BCUT2D eigenvalue weighted by Gasteiger charge is 2.31. The number of hydrogen-bond acceptors (Lipinski definition) is 5. The molecule has 6 N–H and O–H groups in total. The molecule has 4 unspecified atom stereocenters. The first-order valence-electron chi connectivity index (χ1n) is 3.63. The van der Waals surface area contributed by atoms with Gasteiger partial charge in [0.1, 0.15) is 6.10 Å². The molecular formula is C6H14N2O3. The van der Waals surface area contributed by atoms with Crippen molar-refractivity contribution in [3.63, 3.8) is 0 Å². The normalized spacial score (nSPS) is 46.9. The van der Waals surface area contributed by atoms with Gasteiger partial charge in [-0.25, -0.2) is 0 Å². The van der Waals surface area contributed by atoms with Crippen LogP contribution in [-0.4, -0.2) is 52.8 Å². The third kappa shape index (κ3) is 1.88. The molecule has 1 aliphatic heterocycles. The second-order valence-corrected chi connectivity index (χ2v) is 2.87. The Morgan fingerprint density at radius 1 is 1.09 bits per heavy atom. The van der Waals surface area contributed by atoms with E-state index < -0.39 is 24.4 Å². The van der Waals surface area contributed by atoms with Gasteiger partial charge in [-0.3, -0.25) is 0 Å². The average Bonchev–Trinajstić information content (AvgIpc) is 2.07. The number of hydrogen-bond donors (Lipinski definition) is 5. The lowest BCUT2D eigenvalue weighted by molar-refractivity contribution is -0.0556. The van der Waals surface area contributed by atoms with Crippen LogP contribution in [0.5, 0.6) is 0 Å². The van der Waals surface area contributed by atoms with Crippen molar-refractivity contribution >= 4 is 0 Å². The number of nitrogens with one attached hydrogen (secondary N) is 1. The van der Waals surface area contributed by atoms with E-state index in [1.165, 1.54) is 0 Å². The standard InChI is InChI=1S/C6H14N2O3/c7-3-1-8-2-4(9)6(11)5(3)10/h3-6,8-11H,1-2,7H2. The number of β-amino-alcohol motifs (C(OH)–C–C–N with tert-alkyl or cyclic N) is 1. The Kier molecular flexibility index (Phi) is 2.80. The van der Waals surface area contributed by atoms with Gasteiger partial charge in [0.15, 0.2) is 0 Å². The van der Waals surface area contributed by atoms with E-state index in [2.05, 4.69) is 5.32 Å². The summed E-state index contributed by atoms with van der Waals surface area (Å²) in [5.74, 6) is 0. The largest absolute Gasteiger partial charge is 0.389 e. The van der Waals surface area contributed by atoms with E-state index in [0.717, 1.165) is 0 Å². The van der Waals surface area contributed by atoms with E-state index in [0.29, 0.717) is 6.54 Å². The molecule has 0 spiro atoms. The Hall–Kier alpha value is -0.200. The van der Waals surface area contributed by atoms with E-state index >= 15 is 0 Å². The Labute approximate surface area is 64.8 Å². The van der Waals surface area contributed by atoms with Gasteiger partial charge in [-0.05, 0) is 0 Å². The molecule has 1 saturated heterocycles. The predicted octanol–water partition coefficient (Wildman–Crippen LogP) is -3.00. The smallest absolute Gasteiger partial charge is 0.109 e. The van der Waals surface area contributed by atoms with Gasteiger partial charge in [-0.15, -0.1) is 0 Å². The summed E-state index contributed by atoms with van der Waals surface area (Å²) in [5, 5.41) is 30.3. The minimum atomic E-state index is -1.14. The first kappa shape index (κ1) is 8.89. The fourth-order valence-electron chi connectivity index (χ4n) is 1.12. The Bertz CT molecular complexity index is 119. The molecule has 5 heteroatoms. The Morgan fingerprint density at radius 2 is 1.73 bits per heavy atom. The molecule has 66 valence electrons. The molecule has 1 heterocycles. The molecule has 0 aromatic carbocycles. The van der Waals surface area contributed by atoms with Gasteiger partial charge in [0.25, 0.3) is 0 Å². The summed E-state index contributed by atoms with van der Waals surface area (Å²) < 4.78 is 0. The maximum absolute atomic E-state index is 9.22. The van der Waals surface area contributed by atoms with E-state index in [1.807, 2.05) is 0 Å². The van der Waals surface area contributed by atoms with Crippen LogP contribution in [0, 0.1) is 0 Å². The summed E-state index contributed by atoms with van der Waals surface area (Å²) in [6.45, 7) is 0.682. The van der Waals surface area contributed by atoms with E-state index in [4.69, 9.17) is 10.8 Å². The highest BCUT2D eigenvalue weighted by molar-refractivity contribution is 4.89. The molecule has 0 aliphatic carbocycles. The summed E-state index contributed by atoms with van der Waals surface area (Å²) in [4.78, 5) is 0. The van der Waals surface area contributed by atoms with Gasteiger partial charge in [-0.2, -0.15) is 0 Å².